The van der Waals surface area contributed by atoms with Crippen molar-refractivity contribution < 1.29 is 4.79 Å². The Hall–Kier alpha value is -1.94. The molecule has 0 heterocycles. The summed E-state index contributed by atoms with van der Waals surface area (Å²) in [6.45, 7) is 2.05. The summed E-state index contributed by atoms with van der Waals surface area (Å²) in [6.07, 6.45) is 0. The van der Waals surface area contributed by atoms with Gasteiger partial charge in [-0.3, -0.25) is 15.2 Å². The lowest BCUT2D eigenvalue weighted by molar-refractivity contribution is -0.118. The topological polar surface area (TPSA) is 32.3 Å². The molecule has 0 atom stereocenters. The van der Waals surface area contributed by atoms with E-state index in [0.29, 0.717) is 5.75 Å². The van der Waals surface area contributed by atoms with Crippen molar-refractivity contribution in [3.63, 3.8) is 0 Å². The first-order chi connectivity index (χ1) is 9.66. The highest BCUT2D eigenvalue weighted by Crippen LogP contribution is 2.21. The molecule has 0 aliphatic heterocycles. The number of carbonyl (C=O) groups is 1. The zero-order valence-electron chi connectivity index (χ0n) is 11.7. The third-order valence-electron chi connectivity index (χ3n) is 2.89. The molecule has 0 aliphatic carbocycles. The van der Waals surface area contributed by atoms with Crippen LogP contribution in [-0.4, -0.2) is 18.7 Å². The van der Waals surface area contributed by atoms with Crippen LogP contribution in [0.3, 0.4) is 0 Å². The Balaban J connectivity index is 1.86. The smallest absolute Gasteiger partial charge is 0.248 e. The van der Waals surface area contributed by atoms with Crippen molar-refractivity contribution in [2.75, 3.05) is 17.8 Å². The van der Waals surface area contributed by atoms with Gasteiger partial charge in [-0.05, 0) is 30.7 Å². The normalized spacial score (nSPS) is 10.1. The largest absolute Gasteiger partial charge is 0.289 e. The van der Waals surface area contributed by atoms with Crippen LogP contribution in [0.25, 0.3) is 0 Å². The van der Waals surface area contributed by atoms with E-state index in [0.717, 1.165) is 10.6 Å². The van der Waals surface area contributed by atoms with Crippen LogP contribution >= 0.6 is 11.8 Å². The lowest BCUT2D eigenvalue weighted by atomic mass is 10.2. The molecule has 0 fully saturated rings. The van der Waals surface area contributed by atoms with Gasteiger partial charge in [0, 0.05) is 11.9 Å². The lowest BCUT2D eigenvalue weighted by Crippen LogP contribution is -2.40. The minimum Gasteiger partial charge on any atom is -0.289 e. The third kappa shape index (κ3) is 4.03. The average molecular weight is 286 g/mol. The van der Waals surface area contributed by atoms with Gasteiger partial charge in [-0.25, -0.2) is 0 Å². The minimum atomic E-state index is -0.00962. The van der Waals surface area contributed by atoms with E-state index in [1.54, 1.807) is 16.8 Å². The van der Waals surface area contributed by atoms with Gasteiger partial charge in [0.15, 0.2) is 0 Å². The number of para-hydroxylation sites is 1. The molecule has 0 aliphatic rings. The van der Waals surface area contributed by atoms with E-state index < -0.39 is 0 Å². The number of hydrazine groups is 1. The first-order valence-electron chi connectivity index (χ1n) is 6.43. The van der Waals surface area contributed by atoms with E-state index >= 15 is 0 Å². The Morgan fingerprint density at radius 2 is 1.75 bits per heavy atom. The monoisotopic (exact) mass is 286 g/mol. The molecule has 20 heavy (non-hydrogen) atoms. The Kier molecular flexibility index (Phi) is 5.07. The molecule has 2 aromatic carbocycles. The zero-order chi connectivity index (χ0) is 14.4. The molecule has 104 valence electrons. The van der Waals surface area contributed by atoms with Crippen molar-refractivity contribution in [2.24, 2.45) is 0 Å². The number of anilines is 1. The molecule has 0 saturated heterocycles. The summed E-state index contributed by atoms with van der Waals surface area (Å²) >= 11 is 1.55. The maximum atomic E-state index is 11.9. The van der Waals surface area contributed by atoms with Gasteiger partial charge in [-0.15, -0.1) is 11.8 Å². The molecular weight excluding hydrogens is 268 g/mol. The fourth-order valence-corrected chi connectivity index (χ4v) is 2.62. The molecule has 0 radical (unpaired) electrons. The predicted molar refractivity (Wildman–Crippen MR) is 84.9 cm³/mol. The number of nitrogens with one attached hydrogen (secondary N) is 1. The summed E-state index contributed by atoms with van der Waals surface area (Å²) in [7, 11) is 1.84. The third-order valence-corrected chi connectivity index (χ3v) is 4.06. The molecule has 0 unspecified atom stereocenters. The van der Waals surface area contributed by atoms with E-state index in [9.17, 15) is 4.79 Å². The molecule has 0 aromatic heterocycles. The standard InChI is InChI=1S/C16H18N2OS/c1-13-8-6-7-11-15(13)20-12-16(19)17-18(2)14-9-4-3-5-10-14/h3-11H,12H2,1-2H3,(H,17,19). The SMILES string of the molecule is Cc1ccccc1SCC(=O)NN(C)c1ccccc1. The molecule has 4 heteroatoms. The van der Waals surface area contributed by atoms with Gasteiger partial charge in [-0.2, -0.15) is 0 Å². The lowest BCUT2D eigenvalue weighted by Gasteiger charge is -2.20. The van der Waals surface area contributed by atoms with Crippen molar-refractivity contribution in [1.82, 2.24) is 5.43 Å². The van der Waals surface area contributed by atoms with Crippen LogP contribution < -0.4 is 10.4 Å². The number of aryl methyl sites for hydroxylation is 1. The van der Waals surface area contributed by atoms with E-state index in [4.69, 9.17) is 0 Å². The summed E-state index contributed by atoms with van der Waals surface area (Å²) in [5, 5.41) is 1.74. The van der Waals surface area contributed by atoms with Gasteiger partial charge in [0.2, 0.25) is 5.91 Å². The number of carbonyl (C=O) groups excluding carboxylic acids is 1. The molecule has 0 bridgehead atoms. The van der Waals surface area contributed by atoms with E-state index in [2.05, 4.69) is 18.4 Å². The Morgan fingerprint density at radius 1 is 1.10 bits per heavy atom. The van der Waals surface area contributed by atoms with Crippen molar-refractivity contribution >= 4 is 23.4 Å². The van der Waals surface area contributed by atoms with E-state index in [1.807, 2.05) is 55.6 Å². The van der Waals surface area contributed by atoms with Crippen LogP contribution in [0.5, 0.6) is 0 Å². The summed E-state index contributed by atoms with van der Waals surface area (Å²) in [6, 6.07) is 17.8. The van der Waals surface area contributed by atoms with Crippen LogP contribution in [0.15, 0.2) is 59.5 Å². The summed E-state index contributed by atoms with van der Waals surface area (Å²) in [5.74, 6) is 0.395. The number of thioether (sulfide) groups is 1. The Bertz CT molecular complexity index is 572. The fraction of sp³-hybridized carbons (Fsp3) is 0.188. The van der Waals surface area contributed by atoms with E-state index in [-0.39, 0.29) is 5.91 Å². The first kappa shape index (κ1) is 14.5. The van der Waals surface area contributed by atoms with Gasteiger partial charge in [-0.1, -0.05) is 36.4 Å². The van der Waals surface area contributed by atoms with Crippen LogP contribution in [0.1, 0.15) is 5.56 Å². The highest BCUT2D eigenvalue weighted by atomic mass is 32.2. The highest BCUT2D eigenvalue weighted by molar-refractivity contribution is 8.00. The van der Waals surface area contributed by atoms with Gasteiger partial charge < -0.3 is 0 Å². The van der Waals surface area contributed by atoms with Crippen LogP contribution in [-0.2, 0) is 4.79 Å². The quantitative estimate of drug-likeness (QED) is 0.676. The molecule has 3 nitrogen and oxygen atoms in total. The summed E-state index contributed by atoms with van der Waals surface area (Å²) < 4.78 is 0. The second kappa shape index (κ2) is 7.01. The maximum absolute atomic E-state index is 11.9. The first-order valence-corrected chi connectivity index (χ1v) is 7.42. The molecule has 1 amide bonds. The second-order valence-electron chi connectivity index (χ2n) is 4.48. The fourth-order valence-electron chi connectivity index (χ4n) is 1.80. The Labute approximate surface area is 124 Å². The molecule has 2 aromatic rings. The van der Waals surface area contributed by atoms with Gasteiger partial charge in [0.25, 0.3) is 0 Å². The van der Waals surface area contributed by atoms with Crippen LogP contribution in [0.4, 0.5) is 5.69 Å². The number of rotatable bonds is 5. The van der Waals surface area contributed by atoms with Crippen molar-refractivity contribution in [3.8, 4) is 0 Å². The van der Waals surface area contributed by atoms with Crippen molar-refractivity contribution in [3.05, 3.63) is 60.2 Å². The molecule has 1 N–H and O–H groups in total. The van der Waals surface area contributed by atoms with Crippen LogP contribution in [0.2, 0.25) is 0 Å². The predicted octanol–water partition coefficient (Wildman–Crippen LogP) is 3.25. The second-order valence-corrected chi connectivity index (χ2v) is 5.50. The maximum Gasteiger partial charge on any atom is 0.248 e. The van der Waals surface area contributed by atoms with Crippen LogP contribution in [0, 0.1) is 6.92 Å². The molecular formula is C16H18N2OS. The molecule has 0 spiro atoms. The van der Waals surface area contributed by atoms with E-state index in [1.165, 1.54) is 5.56 Å². The zero-order valence-corrected chi connectivity index (χ0v) is 12.5. The highest BCUT2D eigenvalue weighted by Gasteiger charge is 2.07. The number of amides is 1. The molecule has 2 rings (SSSR count). The summed E-state index contributed by atoms with van der Waals surface area (Å²) in [4.78, 5) is 13.1. The van der Waals surface area contributed by atoms with Gasteiger partial charge in [0.1, 0.15) is 0 Å². The van der Waals surface area contributed by atoms with Gasteiger partial charge >= 0.3 is 0 Å². The van der Waals surface area contributed by atoms with Gasteiger partial charge in [0.05, 0.1) is 11.4 Å². The number of benzene rings is 2. The summed E-state index contributed by atoms with van der Waals surface area (Å²) in [5.41, 5.74) is 5.02. The number of hydrogen-bond donors (Lipinski definition) is 1. The molecule has 0 saturated carbocycles. The van der Waals surface area contributed by atoms with Crippen molar-refractivity contribution in [1.29, 1.82) is 0 Å². The van der Waals surface area contributed by atoms with Crippen molar-refractivity contribution in [2.45, 2.75) is 11.8 Å². The number of hydrogen-bond acceptors (Lipinski definition) is 3. The number of nitrogens with zero attached hydrogens (tertiary/aromatic N) is 1. The average Bonchev–Trinajstić information content (AvgIpc) is 2.47. The minimum absolute atomic E-state index is 0.00962. The Morgan fingerprint density at radius 3 is 2.45 bits per heavy atom.